The van der Waals surface area contributed by atoms with Crippen molar-refractivity contribution < 1.29 is 86.9 Å². The van der Waals surface area contributed by atoms with Crippen LogP contribution in [0.25, 0.3) is 0 Å². The fraction of sp³-hybridized carbons (Fsp3) is 0.556. The molecule has 0 spiro atoms. The average Bonchev–Trinajstić information content (AvgIpc) is 4.10. The third kappa shape index (κ3) is 11.6. The van der Waals surface area contributed by atoms with E-state index < -0.39 is 162 Å². The molecule has 2 aromatic rings. The van der Waals surface area contributed by atoms with Crippen molar-refractivity contribution in [3.63, 3.8) is 0 Å². The first kappa shape index (κ1) is 59.1. The van der Waals surface area contributed by atoms with Gasteiger partial charge in [0.15, 0.2) is 36.2 Å². The van der Waals surface area contributed by atoms with Crippen LogP contribution in [0.4, 0.5) is 10.5 Å². The lowest BCUT2D eigenvalue weighted by molar-refractivity contribution is -0.256. The first-order valence-corrected chi connectivity index (χ1v) is 26.7. The SMILES string of the molecule is CO[C@H]1OCCN2[C@@H]1O[C@@H]1[C@H](C)O[C@@H](O[C@H]3C[C@](O)(C(C)=O)Cc4c(O)c5c(c(O)c43)C(=O)c3c(NC(=O)CNC(=O)[C@@H](CCCN)N(C(N)=O)C(=O)[C@@H](NC(=O)CCCCCN4C(=O)C=CC4=O)C(C)C)cccc3C5=O)C[C@@H]12. The van der Waals surface area contributed by atoms with Crippen molar-refractivity contribution in [3.05, 3.63) is 63.7 Å². The van der Waals surface area contributed by atoms with Crippen molar-refractivity contribution in [2.45, 2.75) is 146 Å². The number of benzene rings is 2. The number of imide groups is 2. The lowest BCUT2D eigenvalue weighted by atomic mass is 9.72. The molecule has 0 saturated carbocycles. The summed E-state index contributed by atoms with van der Waals surface area (Å²) in [4.78, 5) is 138. The zero-order chi connectivity index (χ0) is 58.1. The molecule has 8 amide bonds. The van der Waals surface area contributed by atoms with E-state index in [1.807, 2.05) is 0 Å². The van der Waals surface area contributed by atoms with Gasteiger partial charge in [0.1, 0.15) is 35.3 Å². The number of methoxy groups -OCH3 is 1. The highest BCUT2D eigenvalue weighted by Gasteiger charge is 2.55. The number of morpholine rings is 1. The molecule has 80 heavy (non-hydrogen) atoms. The van der Waals surface area contributed by atoms with Crippen LogP contribution in [0.3, 0.4) is 0 Å². The molecule has 2 aromatic carbocycles. The number of carbonyl (C=O) groups excluding carboxylic acids is 10. The number of ketones is 3. The lowest BCUT2D eigenvalue weighted by Gasteiger charge is -2.43. The highest BCUT2D eigenvalue weighted by Crippen LogP contribution is 2.53. The summed E-state index contributed by atoms with van der Waals surface area (Å²) in [5.74, 6) is -9.20. The van der Waals surface area contributed by atoms with Gasteiger partial charge in [-0.15, -0.1) is 0 Å². The number of hydrogen-bond donors (Lipinski definition) is 8. The summed E-state index contributed by atoms with van der Waals surface area (Å²) < 4.78 is 30.4. The molecule has 0 aromatic heterocycles. The van der Waals surface area contributed by atoms with Gasteiger partial charge in [-0.25, -0.2) is 4.79 Å². The smallest absolute Gasteiger partial charge is 0.322 e. The van der Waals surface area contributed by atoms with Gasteiger partial charge in [-0.3, -0.25) is 57.9 Å². The van der Waals surface area contributed by atoms with Crippen molar-refractivity contribution in [1.82, 2.24) is 25.3 Å². The Hall–Kier alpha value is -7.04. The van der Waals surface area contributed by atoms with Crippen LogP contribution < -0.4 is 27.4 Å². The third-order valence-electron chi connectivity index (χ3n) is 15.6. The fourth-order valence-electron chi connectivity index (χ4n) is 11.4. The second-order valence-electron chi connectivity index (χ2n) is 21.1. The Kier molecular flexibility index (Phi) is 18.0. The maximum atomic E-state index is 14.8. The lowest BCUT2D eigenvalue weighted by Crippen LogP contribution is -2.60. The van der Waals surface area contributed by atoms with E-state index in [2.05, 4.69) is 20.9 Å². The summed E-state index contributed by atoms with van der Waals surface area (Å²) in [6.07, 6.45) is -1.96. The van der Waals surface area contributed by atoms with E-state index in [1.165, 1.54) is 37.5 Å². The molecule has 4 aliphatic heterocycles. The number of urea groups is 1. The van der Waals surface area contributed by atoms with Gasteiger partial charge in [0.2, 0.25) is 17.7 Å². The van der Waals surface area contributed by atoms with Gasteiger partial charge < -0.3 is 66.4 Å². The van der Waals surface area contributed by atoms with Crippen LogP contribution in [0.15, 0.2) is 30.4 Å². The van der Waals surface area contributed by atoms with Gasteiger partial charge in [-0.05, 0) is 58.1 Å². The molecule has 3 saturated heterocycles. The van der Waals surface area contributed by atoms with Crippen LogP contribution in [0, 0.1) is 5.92 Å². The Bertz CT molecular complexity index is 2880. The molecule has 10 N–H and O–H groups in total. The summed E-state index contributed by atoms with van der Waals surface area (Å²) in [5.41, 5.74) is 6.78. The number of primary amides is 1. The number of phenols is 2. The molecule has 0 unspecified atom stereocenters. The quantitative estimate of drug-likeness (QED) is 0.0407. The van der Waals surface area contributed by atoms with Crippen LogP contribution in [0.1, 0.15) is 128 Å². The second-order valence-corrected chi connectivity index (χ2v) is 21.1. The van der Waals surface area contributed by atoms with Crippen LogP contribution in [0.5, 0.6) is 11.5 Å². The van der Waals surface area contributed by atoms with E-state index in [0.29, 0.717) is 37.3 Å². The number of rotatable bonds is 21. The molecule has 0 radical (unpaired) electrons. The molecule has 4 heterocycles. The minimum atomic E-state index is -2.15. The molecule has 2 aliphatic carbocycles. The molecule has 8 rings (SSSR count). The predicted octanol–water partition coefficient (Wildman–Crippen LogP) is 0.426. The number of amides is 8. The van der Waals surface area contributed by atoms with E-state index in [-0.39, 0.29) is 72.8 Å². The number of carbonyl (C=O) groups is 10. The average molecular weight is 1120 g/mol. The normalized spacial score (nSPS) is 25.7. The van der Waals surface area contributed by atoms with E-state index in [9.17, 15) is 63.3 Å². The Morgan fingerprint density at radius 1 is 0.938 bits per heavy atom. The molecule has 26 heteroatoms. The van der Waals surface area contributed by atoms with Crippen LogP contribution in [-0.4, -0.2) is 183 Å². The molecule has 3 fully saturated rings. The molecular formula is C54H68N8O18. The molecule has 26 nitrogen and oxygen atoms in total. The largest absolute Gasteiger partial charge is 0.507 e. The maximum Gasteiger partial charge on any atom is 0.322 e. The van der Waals surface area contributed by atoms with E-state index in [4.69, 9.17) is 35.2 Å². The van der Waals surface area contributed by atoms with Gasteiger partial charge in [0.05, 0.1) is 47.7 Å². The summed E-state index contributed by atoms with van der Waals surface area (Å²) >= 11 is 0. The number of phenolic OH excluding ortho intramolecular Hbond substituents is 2. The molecule has 432 valence electrons. The number of Topliss-reactive ketones (excluding diaryl/α,β-unsaturated/α-hetero) is 1. The number of anilines is 1. The van der Waals surface area contributed by atoms with Gasteiger partial charge in [-0.1, -0.05) is 32.4 Å². The van der Waals surface area contributed by atoms with Crippen LogP contribution in [-0.2, 0) is 63.7 Å². The van der Waals surface area contributed by atoms with Crippen molar-refractivity contribution in [3.8, 4) is 11.5 Å². The second kappa shape index (κ2) is 24.4. The Morgan fingerprint density at radius 2 is 1.65 bits per heavy atom. The van der Waals surface area contributed by atoms with Crippen molar-refractivity contribution in [2.75, 3.05) is 45.2 Å². The number of nitrogens with two attached hydrogens (primary N) is 2. The summed E-state index contributed by atoms with van der Waals surface area (Å²) in [6, 6.07) is -0.676. The zero-order valence-corrected chi connectivity index (χ0v) is 45.0. The molecule has 0 bridgehead atoms. The molecule has 10 atom stereocenters. The number of unbranched alkanes of at least 4 members (excludes halogenated alkanes) is 2. The third-order valence-corrected chi connectivity index (χ3v) is 15.6. The predicted molar refractivity (Wildman–Crippen MR) is 277 cm³/mol. The number of nitrogens with one attached hydrogen (secondary N) is 3. The Labute approximate surface area is 459 Å². The van der Waals surface area contributed by atoms with Crippen LogP contribution in [0.2, 0.25) is 0 Å². The topological polar surface area (TPSA) is 375 Å². The van der Waals surface area contributed by atoms with E-state index in [1.54, 1.807) is 20.8 Å². The number of aliphatic hydroxyl groups is 1. The minimum absolute atomic E-state index is 0.0159. The minimum Gasteiger partial charge on any atom is -0.507 e. The van der Waals surface area contributed by atoms with Gasteiger partial charge in [0.25, 0.3) is 17.7 Å². The molecule has 6 aliphatic rings. The summed E-state index contributed by atoms with van der Waals surface area (Å²) in [5, 5.41) is 43.5. The summed E-state index contributed by atoms with van der Waals surface area (Å²) in [6.45, 7) is 6.37. The van der Waals surface area contributed by atoms with Crippen LogP contribution >= 0.6 is 0 Å². The fourth-order valence-corrected chi connectivity index (χ4v) is 11.4. The van der Waals surface area contributed by atoms with Gasteiger partial charge >= 0.3 is 6.03 Å². The van der Waals surface area contributed by atoms with E-state index in [0.717, 1.165) is 11.8 Å². The Morgan fingerprint density at radius 3 is 2.31 bits per heavy atom. The number of hydrogen-bond acceptors (Lipinski definition) is 20. The zero-order valence-electron chi connectivity index (χ0n) is 45.0. The van der Waals surface area contributed by atoms with E-state index >= 15 is 0 Å². The molecular weight excluding hydrogens is 1050 g/mol. The first-order chi connectivity index (χ1) is 38.0. The monoisotopic (exact) mass is 1120 g/mol. The van der Waals surface area contributed by atoms with Crippen molar-refractivity contribution in [2.24, 2.45) is 17.4 Å². The Balaban J connectivity index is 0.973. The number of aromatic hydroxyl groups is 2. The highest BCUT2D eigenvalue weighted by atomic mass is 16.7. The van der Waals surface area contributed by atoms with Crippen molar-refractivity contribution in [1.29, 1.82) is 0 Å². The number of ether oxygens (including phenoxy) is 5. The van der Waals surface area contributed by atoms with Gasteiger partial charge in [-0.2, -0.15) is 0 Å². The maximum absolute atomic E-state index is 14.8. The highest BCUT2D eigenvalue weighted by molar-refractivity contribution is 6.32. The number of fused-ring (bicyclic) bond motifs is 6. The van der Waals surface area contributed by atoms with Crippen molar-refractivity contribution >= 4 is 64.5 Å². The standard InChI is InChI=1S/C54H68N8O18/c1-25(2)43(59-34(64)14-7-6-8-18-61-36(66)15-16-37(61)67)50(73)62(53(56)74)31(13-10-17-55)49(72)57-24-35(65)58-30-12-9-11-28-39(30)46(70)42-41(44(28)68)45(69)29-22-54(75,27(4)63)23-33(40(29)47(42)71)79-38-21-32-48(26(3)78-38)80-51-52(76-5)77-20-19-60(32)51/h9,11-12,15-16,25-26,31-33,38,43,48,51-52,69,71,75H,6-8,10,13-14,17-24,55H2,1-5H3,(H2,56,74)(H,57,72)(H,58,65)(H,59,64)/t26-,31+,32-,33-,38-,43-,48+,51+,52-,54-/m0/s1. The first-order valence-electron chi connectivity index (χ1n) is 26.7. The summed E-state index contributed by atoms with van der Waals surface area (Å²) in [7, 11) is 1.51. The van der Waals surface area contributed by atoms with Gasteiger partial charge in [0, 0.05) is 80.8 Å². The number of nitrogens with zero attached hydrogens (tertiary/aromatic N) is 3.